The maximum Gasteiger partial charge on any atom is 0.219 e. The molecule has 0 unspecified atom stereocenters. The van der Waals surface area contributed by atoms with Crippen molar-refractivity contribution in [3.05, 3.63) is 52.1 Å². The number of hydrogen-bond acceptors (Lipinski definition) is 3. The Bertz CT molecular complexity index is 604. The van der Waals surface area contributed by atoms with E-state index in [2.05, 4.69) is 4.98 Å². The molecule has 0 fully saturated rings. The fraction of sp³-hybridized carbons (Fsp3) is 0. The van der Waals surface area contributed by atoms with Crippen LogP contribution in [0.2, 0.25) is 10.0 Å². The van der Waals surface area contributed by atoms with Gasteiger partial charge in [0.1, 0.15) is 16.4 Å². The van der Waals surface area contributed by atoms with Crippen LogP contribution in [-0.4, -0.2) is 9.97 Å². The fourth-order valence-corrected chi connectivity index (χ4v) is 1.71. The minimum atomic E-state index is 0.206. The van der Waals surface area contributed by atoms with Crippen molar-refractivity contribution in [2.75, 3.05) is 0 Å². The molecule has 0 atom stereocenters. The van der Waals surface area contributed by atoms with Gasteiger partial charge in [-0.15, -0.1) is 0 Å². The van der Waals surface area contributed by atoms with E-state index >= 15 is 0 Å². The third kappa shape index (κ3) is 3.10. The summed E-state index contributed by atoms with van der Waals surface area (Å²) in [5, 5.41) is 0.974. The second kappa shape index (κ2) is 5.52. The monoisotopic (exact) mass is 298 g/mol. The molecule has 3 nitrogen and oxygen atoms in total. The van der Waals surface area contributed by atoms with Crippen molar-refractivity contribution in [1.82, 2.24) is 4.98 Å². The first kappa shape index (κ1) is 13.1. The number of halogens is 2. The summed E-state index contributed by atoms with van der Waals surface area (Å²) < 4.78 is 5.54. The first-order valence-corrected chi connectivity index (χ1v) is 6.12. The number of hydrogen-bond donors (Lipinski definition) is 1. The maximum atomic E-state index is 5.99. The molecule has 0 aliphatic heterocycles. The van der Waals surface area contributed by atoms with Crippen LogP contribution in [0.25, 0.3) is 0 Å². The summed E-state index contributed by atoms with van der Waals surface area (Å²) in [6.07, 6.45) is 0. The van der Waals surface area contributed by atoms with E-state index in [-0.39, 0.29) is 4.99 Å². The SMILES string of the molecule is NC(=S)c1cccc(Oc2cc(Cl)ccc2Cl)n1. The molecule has 0 aliphatic carbocycles. The number of thiocarbonyl (C=S) groups is 1. The molecule has 1 aromatic heterocycles. The molecular formula is C12H8Cl2N2OS. The summed E-state index contributed by atoms with van der Waals surface area (Å²) in [5.41, 5.74) is 5.98. The van der Waals surface area contributed by atoms with Crippen LogP contribution >= 0.6 is 35.4 Å². The average molecular weight is 299 g/mol. The normalized spacial score (nSPS) is 10.1. The zero-order chi connectivity index (χ0) is 13.1. The number of pyridine rings is 1. The number of rotatable bonds is 3. The fourth-order valence-electron chi connectivity index (χ4n) is 1.28. The van der Waals surface area contributed by atoms with E-state index in [9.17, 15) is 0 Å². The van der Waals surface area contributed by atoms with Crippen LogP contribution in [0.3, 0.4) is 0 Å². The van der Waals surface area contributed by atoms with Crippen molar-refractivity contribution >= 4 is 40.4 Å². The van der Waals surface area contributed by atoms with Gasteiger partial charge in [0.05, 0.1) is 5.02 Å². The second-order valence-electron chi connectivity index (χ2n) is 3.40. The zero-order valence-corrected chi connectivity index (χ0v) is 11.4. The van der Waals surface area contributed by atoms with Crippen LogP contribution in [0.15, 0.2) is 36.4 Å². The van der Waals surface area contributed by atoms with E-state index in [0.29, 0.717) is 27.4 Å². The van der Waals surface area contributed by atoms with E-state index in [1.165, 1.54) is 0 Å². The summed E-state index contributed by atoms with van der Waals surface area (Å²) in [4.78, 5) is 4.35. The zero-order valence-electron chi connectivity index (χ0n) is 9.06. The van der Waals surface area contributed by atoms with Crippen molar-refractivity contribution in [1.29, 1.82) is 0 Å². The van der Waals surface area contributed by atoms with Gasteiger partial charge in [-0.1, -0.05) is 41.5 Å². The maximum absolute atomic E-state index is 5.99. The Kier molecular flexibility index (Phi) is 4.01. The van der Waals surface area contributed by atoms with Gasteiger partial charge in [0.15, 0.2) is 0 Å². The average Bonchev–Trinajstić information content (AvgIpc) is 2.34. The van der Waals surface area contributed by atoms with Crippen molar-refractivity contribution < 1.29 is 4.74 Å². The molecule has 2 aromatic rings. The summed E-state index contributed by atoms with van der Waals surface area (Å²) in [5.74, 6) is 0.779. The molecule has 0 radical (unpaired) electrons. The topological polar surface area (TPSA) is 48.1 Å². The smallest absolute Gasteiger partial charge is 0.219 e. The summed E-state index contributed by atoms with van der Waals surface area (Å²) in [6.45, 7) is 0. The Morgan fingerprint density at radius 2 is 2.00 bits per heavy atom. The Morgan fingerprint density at radius 1 is 1.22 bits per heavy atom. The summed E-state index contributed by atoms with van der Waals surface area (Å²) in [6, 6.07) is 10.1. The molecule has 1 heterocycles. The van der Waals surface area contributed by atoms with E-state index in [0.717, 1.165) is 0 Å². The lowest BCUT2D eigenvalue weighted by Gasteiger charge is -2.07. The molecule has 6 heteroatoms. The predicted molar refractivity (Wildman–Crippen MR) is 76.7 cm³/mol. The van der Waals surface area contributed by atoms with Gasteiger partial charge in [0.25, 0.3) is 0 Å². The lowest BCUT2D eigenvalue weighted by molar-refractivity contribution is 0.463. The summed E-state index contributed by atoms with van der Waals surface area (Å²) >= 11 is 16.7. The molecule has 0 bridgehead atoms. The van der Waals surface area contributed by atoms with E-state index in [1.54, 1.807) is 36.4 Å². The van der Waals surface area contributed by atoms with Gasteiger partial charge in [-0.2, -0.15) is 0 Å². The molecule has 2 N–H and O–H groups in total. The number of nitrogens with two attached hydrogens (primary N) is 1. The van der Waals surface area contributed by atoms with Crippen LogP contribution in [0.5, 0.6) is 11.6 Å². The Balaban J connectivity index is 2.31. The molecule has 0 saturated carbocycles. The predicted octanol–water partition coefficient (Wildman–Crippen LogP) is 3.81. The largest absolute Gasteiger partial charge is 0.437 e. The molecule has 0 aliphatic rings. The standard InChI is InChI=1S/C12H8Cl2N2OS/c13-7-4-5-8(14)10(6-7)17-11-3-1-2-9(16-11)12(15)18/h1-6H,(H2,15,18). The summed E-state index contributed by atoms with van der Waals surface area (Å²) in [7, 11) is 0. The highest BCUT2D eigenvalue weighted by atomic mass is 35.5. The van der Waals surface area contributed by atoms with Crippen molar-refractivity contribution in [2.24, 2.45) is 5.73 Å². The lowest BCUT2D eigenvalue weighted by atomic mass is 10.3. The van der Waals surface area contributed by atoms with Gasteiger partial charge >= 0.3 is 0 Å². The second-order valence-corrected chi connectivity index (χ2v) is 4.69. The van der Waals surface area contributed by atoms with E-state index in [4.69, 9.17) is 45.9 Å². The molecule has 92 valence electrons. The number of benzene rings is 1. The van der Waals surface area contributed by atoms with Crippen LogP contribution < -0.4 is 10.5 Å². The van der Waals surface area contributed by atoms with Crippen LogP contribution in [0, 0.1) is 0 Å². The van der Waals surface area contributed by atoms with Gasteiger partial charge in [-0.05, 0) is 18.2 Å². The Labute approximate surface area is 119 Å². The molecule has 18 heavy (non-hydrogen) atoms. The molecule has 0 amide bonds. The third-order valence-electron chi connectivity index (χ3n) is 2.08. The first-order chi connectivity index (χ1) is 8.56. The highest BCUT2D eigenvalue weighted by Gasteiger charge is 2.06. The van der Waals surface area contributed by atoms with Crippen molar-refractivity contribution in [3.8, 4) is 11.6 Å². The van der Waals surface area contributed by atoms with Crippen LogP contribution in [0.4, 0.5) is 0 Å². The van der Waals surface area contributed by atoms with E-state index < -0.39 is 0 Å². The molecule has 2 rings (SSSR count). The van der Waals surface area contributed by atoms with Crippen molar-refractivity contribution in [3.63, 3.8) is 0 Å². The van der Waals surface area contributed by atoms with Crippen LogP contribution in [0.1, 0.15) is 5.69 Å². The Morgan fingerprint density at radius 3 is 2.72 bits per heavy atom. The highest BCUT2D eigenvalue weighted by molar-refractivity contribution is 7.80. The van der Waals surface area contributed by atoms with Gasteiger partial charge in [-0.3, -0.25) is 0 Å². The number of aromatic nitrogens is 1. The quantitative estimate of drug-likeness (QED) is 0.875. The number of ether oxygens (including phenoxy) is 1. The molecular weight excluding hydrogens is 291 g/mol. The number of nitrogens with zero attached hydrogens (tertiary/aromatic N) is 1. The van der Waals surface area contributed by atoms with Crippen LogP contribution in [-0.2, 0) is 0 Å². The van der Waals surface area contributed by atoms with Gasteiger partial charge in [0, 0.05) is 17.2 Å². The molecule has 0 saturated heterocycles. The molecule has 0 spiro atoms. The van der Waals surface area contributed by atoms with Gasteiger partial charge in [-0.25, -0.2) is 4.98 Å². The Hall–Kier alpha value is -1.36. The minimum Gasteiger partial charge on any atom is -0.437 e. The van der Waals surface area contributed by atoms with Crippen molar-refractivity contribution in [2.45, 2.75) is 0 Å². The van der Waals surface area contributed by atoms with Gasteiger partial charge in [0.2, 0.25) is 5.88 Å². The van der Waals surface area contributed by atoms with E-state index in [1.807, 2.05) is 0 Å². The minimum absolute atomic E-state index is 0.206. The molecule has 1 aromatic carbocycles. The lowest BCUT2D eigenvalue weighted by Crippen LogP contribution is -2.11. The first-order valence-electron chi connectivity index (χ1n) is 4.96. The highest BCUT2D eigenvalue weighted by Crippen LogP contribution is 2.31. The third-order valence-corrected chi connectivity index (χ3v) is 2.84. The van der Waals surface area contributed by atoms with Gasteiger partial charge < -0.3 is 10.5 Å².